The topological polar surface area (TPSA) is 95.5 Å². The number of aromatic nitrogens is 2. The van der Waals surface area contributed by atoms with Gasteiger partial charge in [0.15, 0.2) is 0 Å². The van der Waals surface area contributed by atoms with E-state index in [1.54, 1.807) is 11.9 Å². The normalized spacial score (nSPS) is 19.7. The van der Waals surface area contributed by atoms with E-state index in [4.69, 9.17) is 4.98 Å². The van der Waals surface area contributed by atoms with E-state index in [1.807, 2.05) is 0 Å². The number of hydrogen-bond donors (Lipinski definition) is 1. The zero-order valence-electron chi connectivity index (χ0n) is 17.6. The SMILES string of the molecule is CNc1nc(C2CCCCN2S(=O)(=O)c2ccc(F)cc2)nc2c1CCN(C(C)=O)C2. The van der Waals surface area contributed by atoms with Gasteiger partial charge in [-0.25, -0.2) is 22.8 Å². The fourth-order valence-electron chi connectivity index (χ4n) is 4.27. The van der Waals surface area contributed by atoms with E-state index in [2.05, 4.69) is 10.3 Å². The average Bonchev–Trinajstić information content (AvgIpc) is 2.78. The van der Waals surface area contributed by atoms with Crippen LogP contribution in [0.3, 0.4) is 0 Å². The van der Waals surface area contributed by atoms with Gasteiger partial charge in [0.25, 0.3) is 0 Å². The van der Waals surface area contributed by atoms with Gasteiger partial charge in [-0.3, -0.25) is 4.79 Å². The lowest BCUT2D eigenvalue weighted by Gasteiger charge is -2.35. The number of halogens is 1. The van der Waals surface area contributed by atoms with Gasteiger partial charge in [0.05, 0.1) is 23.2 Å². The minimum atomic E-state index is -3.84. The Balaban J connectivity index is 1.74. The molecule has 0 saturated carbocycles. The van der Waals surface area contributed by atoms with E-state index in [1.165, 1.54) is 23.4 Å². The molecule has 1 aromatic heterocycles. The largest absolute Gasteiger partial charge is 0.373 e. The van der Waals surface area contributed by atoms with Crippen molar-refractivity contribution in [2.45, 2.75) is 50.1 Å². The van der Waals surface area contributed by atoms with Crippen LogP contribution < -0.4 is 5.32 Å². The molecule has 1 unspecified atom stereocenters. The minimum absolute atomic E-state index is 0.0185. The maximum absolute atomic E-state index is 13.3. The number of fused-ring (bicyclic) bond motifs is 1. The molecule has 4 rings (SSSR count). The fraction of sp³-hybridized carbons (Fsp3) is 0.476. The molecule has 0 bridgehead atoms. The van der Waals surface area contributed by atoms with Crippen LogP contribution >= 0.6 is 0 Å². The minimum Gasteiger partial charge on any atom is -0.373 e. The Bertz CT molecular complexity index is 1090. The van der Waals surface area contributed by atoms with Gasteiger partial charge >= 0.3 is 0 Å². The third-order valence-corrected chi connectivity index (χ3v) is 7.86. The van der Waals surface area contributed by atoms with E-state index in [-0.39, 0.29) is 10.8 Å². The van der Waals surface area contributed by atoms with Crippen molar-refractivity contribution in [2.75, 3.05) is 25.5 Å². The van der Waals surface area contributed by atoms with Gasteiger partial charge in [-0.05, 0) is 43.5 Å². The molecule has 1 saturated heterocycles. The van der Waals surface area contributed by atoms with Crippen molar-refractivity contribution in [1.82, 2.24) is 19.2 Å². The Morgan fingerprint density at radius 1 is 1.16 bits per heavy atom. The zero-order valence-corrected chi connectivity index (χ0v) is 18.5. The number of amides is 1. The molecule has 31 heavy (non-hydrogen) atoms. The molecule has 1 N–H and O–H groups in total. The Kier molecular flexibility index (Phi) is 5.94. The number of carbonyl (C=O) groups is 1. The molecular formula is C21H26FN5O3S. The van der Waals surface area contributed by atoms with E-state index >= 15 is 0 Å². The summed E-state index contributed by atoms with van der Waals surface area (Å²) in [7, 11) is -2.06. The van der Waals surface area contributed by atoms with Crippen molar-refractivity contribution in [3.05, 3.63) is 47.2 Å². The molecule has 1 amide bonds. The molecule has 2 aliphatic heterocycles. The lowest BCUT2D eigenvalue weighted by Crippen LogP contribution is -2.40. The third-order valence-electron chi connectivity index (χ3n) is 5.94. The molecule has 2 aliphatic rings. The Labute approximate surface area is 181 Å². The van der Waals surface area contributed by atoms with E-state index in [9.17, 15) is 17.6 Å². The second kappa shape index (κ2) is 8.51. The molecule has 1 aromatic carbocycles. The molecule has 0 spiro atoms. The molecule has 2 aromatic rings. The van der Waals surface area contributed by atoms with Crippen LogP contribution in [0.4, 0.5) is 10.2 Å². The standard InChI is InChI=1S/C21H26FN5O3S/c1-14(28)26-12-10-17-18(13-26)24-21(25-20(17)23-2)19-5-3-4-11-27(19)31(29,30)16-8-6-15(22)7-9-16/h6-9,19H,3-5,10-13H2,1-2H3,(H,23,24,25). The van der Waals surface area contributed by atoms with Crippen LogP contribution in [0, 0.1) is 5.82 Å². The molecule has 10 heteroatoms. The fourth-order valence-corrected chi connectivity index (χ4v) is 5.92. The first-order chi connectivity index (χ1) is 14.8. The van der Waals surface area contributed by atoms with Crippen molar-refractivity contribution in [1.29, 1.82) is 0 Å². The first-order valence-electron chi connectivity index (χ1n) is 10.4. The van der Waals surface area contributed by atoms with Crippen molar-refractivity contribution in [3.8, 4) is 0 Å². The van der Waals surface area contributed by atoms with Crippen LogP contribution in [0.2, 0.25) is 0 Å². The molecule has 3 heterocycles. The quantitative estimate of drug-likeness (QED) is 0.774. The van der Waals surface area contributed by atoms with Gasteiger partial charge in [0.1, 0.15) is 17.5 Å². The van der Waals surface area contributed by atoms with Crippen molar-refractivity contribution in [2.24, 2.45) is 0 Å². The smallest absolute Gasteiger partial charge is 0.243 e. The Morgan fingerprint density at radius 3 is 2.58 bits per heavy atom. The number of sulfonamides is 1. The van der Waals surface area contributed by atoms with Crippen LogP contribution in [-0.2, 0) is 27.8 Å². The molecule has 0 aliphatic carbocycles. The van der Waals surface area contributed by atoms with Crippen molar-refractivity contribution >= 4 is 21.7 Å². The highest BCUT2D eigenvalue weighted by molar-refractivity contribution is 7.89. The summed E-state index contributed by atoms with van der Waals surface area (Å²) in [5.41, 5.74) is 1.72. The Morgan fingerprint density at radius 2 is 1.90 bits per heavy atom. The van der Waals surface area contributed by atoms with Crippen molar-refractivity contribution in [3.63, 3.8) is 0 Å². The monoisotopic (exact) mass is 447 g/mol. The first-order valence-corrected chi connectivity index (χ1v) is 11.9. The number of benzene rings is 1. The lowest BCUT2D eigenvalue weighted by atomic mass is 10.0. The number of hydrogen-bond acceptors (Lipinski definition) is 6. The van der Waals surface area contributed by atoms with Gasteiger partial charge in [-0.2, -0.15) is 4.31 Å². The number of nitrogens with zero attached hydrogens (tertiary/aromatic N) is 4. The van der Waals surface area contributed by atoms with Crippen LogP contribution in [0.15, 0.2) is 29.2 Å². The molecule has 1 fully saturated rings. The number of anilines is 1. The first kappa shape index (κ1) is 21.6. The lowest BCUT2D eigenvalue weighted by molar-refractivity contribution is -0.129. The number of piperidine rings is 1. The number of carbonyl (C=O) groups excluding carboxylic acids is 1. The number of rotatable bonds is 4. The van der Waals surface area contributed by atoms with Gasteiger partial charge in [0.2, 0.25) is 15.9 Å². The summed E-state index contributed by atoms with van der Waals surface area (Å²) in [6, 6.07) is 4.35. The molecule has 166 valence electrons. The average molecular weight is 448 g/mol. The summed E-state index contributed by atoms with van der Waals surface area (Å²) in [4.78, 5) is 23.1. The molecule has 1 atom stereocenters. The molecular weight excluding hydrogens is 421 g/mol. The highest BCUT2D eigenvalue weighted by Gasteiger charge is 2.37. The molecule has 8 nitrogen and oxygen atoms in total. The van der Waals surface area contributed by atoms with E-state index in [0.29, 0.717) is 44.1 Å². The van der Waals surface area contributed by atoms with Crippen LogP contribution in [-0.4, -0.2) is 53.6 Å². The van der Waals surface area contributed by atoms with E-state index < -0.39 is 21.9 Å². The van der Waals surface area contributed by atoms with E-state index in [0.717, 1.165) is 36.2 Å². The third kappa shape index (κ3) is 4.14. The second-order valence-electron chi connectivity index (χ2n) is 7.88. The Hall–Kier alpha value is -2.59. The predicted molar refractivity (Wildman–Crippen MR) is 113 cm³/mol. The van der Waals surface area contributed by atoms with Gasteiger partial charge in [-0.15, -0.1) is 0 Å². The van der Waals surface area contributed by atoms with Gasteiger partial charge in [0, 0.05) is 32.6 Å². The summed E-state index contributed by atoms with van der Waals surface area (Å²) in [6.45, 7) is 2.87. The summed E-state index contributed by atoms with van der Waals surface area (Å²) in [6.07, 6.45) is 2.83. The zero-order chi connectivity index (χ0) is 22.2. The van der Waals surface area contributed by atoms with Gasteiger partial charge < -0.3 is 10.2 Å². The summed E-state index contributed by atoms with van der Waals surface area (Å²) >= 11 is 0. The van der Waals surface area contributed by atoms with Crippen molar-refractivity contribution < 1.29 is 17.6 Å². The summed E-state index contributed by atoms with van der Waals surface area (Å²) < 4.78 is 41.4. The molecule has 0 radical (unpaired) electrons. The summed E-state index contributed by atoms with van der Waals surface area (Å²) in [5, 5.41) is 3.11. The number of nitrogens with one attached hydrogen (secondary N) is 1. The van der Waals surface area contributed by atoms with Crippen LogP contribution in [0.1, 0.15) is 49.3 Å². The highest BCUT2D eigenvalue weighted by atomic mass is 32.2. The second-order valence-corrected chi connectivity index (χ2v) is 9.77. The maximum atomic E-state index is 13.3. The van der Waals surface area contributed by atoms with Crippen LogP contribution in [0.25, 0.3) is 0 Å². The van der Waals surface area contributed by atoms with Gasteiger partial charge in [-0.1, -0.05) is 6.42 Å². The predicted octanol–water partition coefficient (Wildman–Crippen LogP) is 2.48. The summed E-state index contributed by atoms with van der Waals surface area (Å²) in [5.74, 6) is 0.600. The maximum Gasteiger partial charge on any atom is 0.243 e. The van der Waals surface area contributed by atoms with Crippen LogP contribution in [0.5, 0.6) is 0 Å². The highest BCUT2D eigenvalue weighted by Crippen LogP contribution is 2.36.